The Kier molecular flexibility index (Phi) is 3.72. The molecule has 0 saturated carbocycles. The zero-order valence-corrected chi connectivity index (χ0v) is 10.3. The molecule has 1 aliphatic heterocycles. The van der Waals surface area contributed by atoms with Crippen molar-refractivity contribution in [2.75, 3.05) is 0 Å². The summed E-state index contributed by atoms with van der Waals surface area (Å²) in [7, 11) is 0. The summed E-state index contributed by atoms with van der Waals surface area (Å²) in [4.78, 5) is 21.7. The van der Waals surface area contributed by atoms with E-state index < -0.39 is 22.1 Å². The highest BCUT2D eigenvalue weighted by Crippen LogP contribution is 2.50. The number of rotatable bonds is 2. The van der Waals surface area contributed by atoms with Gasteiger partial charge in [0.1, 0.15) is 5.60 Å². The molecule has 0 amide bonds. The molecule has 1 N–H and O–H groups in total. The summed E-state index contributed by atoms with van der Waals surface area (Å²) in [5, 5.41) is 8.59. The summed E-state index contributed by atoms with van der Waals surface area (Å²) in [5.74, 6) is -1.30. The Morgan fingerprint density at radius 1 is 1.40 bits per heavy atom. The highest BCUT2D eigenvalue weighted by atomic mass is 32.3. The van der Waals surface area contributed by atoms with E-state index in [4.69, 9.17) is 9.84 Å². The lowest BCUT2D eigenvalue weighted by Gasteiger charge is -2.24. The lowest BCUT2D eigenvalue weighted by molar-refractivity contribution is -0.148. The largest absolute Gasteiger partial charge is 0.480 e. The average Bonchev–Trinajstić information content (AvgIpc) is 1.91. The van der Waals surface area contributed by atoms with Crippen LogP contribution >= 0.6 is 23.5 Å². The van der Waals surface area contributed by atoms with E-state index in [-0.39, 0.29) is 0 Å². The minimum Gasteiger partial charge on any atom is -0.480 e. The molecule has 15 heavy (non-hydrogen) atoms. The fourth-order valence-electron chi connectivity index (χ4n) is 0.816. The maximum absolute atomic E-state index is 11.3. The Balaban J connectivity index is 2.40. The van der Waals surface area contributed by atoms with Crippen molar-refractivity contribution >= 4 is 35.5 Å². The lowest BCUT2D eigenvalue weighted by Crippen LogP contribution is -2.24. The molecule has 1 rings (SSSR count). The number of esters is 1. The minimum atomic E-state index is -0.869. The quantitative estimate of drug-likeness (QED) is 0.596. The van der Waals surface area contributed by atoms with Crippen LogP contribution in [-0.4, -0.2) is 27.2 Å². The number of carbonyl (C=O) groups excluding carboxylic acids is 1. The Hall–Kier alpha value is -0.620. The topological polar surface area (TPSA) is 63.6 Å². The molecule has 1 fully saturated rings. The maximum atomic E-state index is 11.3. The van der Waals surface area contributed by atoms with Gasteiger partial charge in [-0.2, -0.15) is 0 Å². The Bertz CT molecular complexity index is 309. The smallest absolute Gasteiger partial charge is 0.332 e. The third-order valence-corrected chi connectivity index (χ3v) is 3.98. The first-order valence-electron chi connectivity index (χ1n) is 4.29. The van der Waals surface area contributed by atoms with Crippen molar-refractivity contribution in [2.24, 2.45) is 0 Å². The molecule has 0 aromatic heterocycles. The van der Waals surface area contributed by atoms with E-state index in [2.05, 4.69) is 0 Å². The fraction of sp³-hybridized carbons (Fsp3) is 0.556. The van der Waals surface area contributed by atoms with Crippen LogP contribution < -0.4 is 0 Å². The van der Waals surface area contributed by atoms with Crippen LogP contribution in [0.15, 0.2) is 10.3 Å². The van der Waals surface area contributed by atoms with Crippen LogP contribution in [0.4, 0.5) is 0 Å². The highest BCUT2D eigenvalue weighted by molar-refractivity contribution is 8.39. The van der Waals surface area contributed by atoms with Gasteiger partial charge in [0.15, 0.2) is 4.58 Å². The van der Waals surface area contributed by atoms with E-state index in [1.165, 1.54) is 6.08 Å². The van der Waals surface area contributed by atoms with E-state index in [1.807, 2.05) is 0 Å². The van der Waals surface area contributed by atoms with Gasteiger partial charge in [-0.3, -0.25) is 4.79 Å². The number of carboxylic acid groups (broad SMARTS) is 1. The zero-order valence-electron chi connectivity index (χ0n) is 8.64. The third kappa shape index (κ3) is 4.17. The molecule has 0 bridgehead atoms. The molecule has 0 spiro atoms. The predicted molar refractivity (Wildman–Crippen MR) is 60.5 cm³/mol. The van der Waals surface area contributed by atoms with Gasteiger partial charge in [-0.05, 0) is 20.8 Å². The Morgan fingerprint density at radius 2 is 1.93 bits per heavy atom. The molecule has 0 aliphatic carbocycles. The molecule has 0 aromatic rings. The van der Waals surface area contributed by atoms with Crippen LogP contribution in [0, 0.1) is 0 Å². The van der Waals surface area contributed by atoms with Gasteiger partial charge in [0.2, 0.25) is 0 Å². The molecule has 0 atom stereocenters. The molecular formula is C9H12O4S2. The summed E-state index contributed by atoms with van der Waals surface area (Å²) < 4.78 is 5.25. The van der Waals surface area contributed by atoms with Gasteiger partial charge in [0, 0.05) is 6.08 Å². The van der Waals surface area contributed by atoms with Gasteiger partial charge in [0.05, 0.1) is 4.24 Å². The maximum Gasteiger partial charge on any atom is 0.332 e. The van der Waals surface area contributed by atoms with Crippen molar-refractivity contribution in [1.29, 1.82) is 0 Å². The molecule has 1 aliphatic rings. The highest BCUT2D eigenvalue weighted by Gasteiger charge is 2.32. The second-order valence-electron chi connectivity index (χ2n) is 3.90. The number of hydrogen-bond donors (Lipinski definition) is 1. The molecule has 0 aromatic carbocycles. The van der Waals surface area contributed by atoms with Gasteiger partial charge in [-0.25, -0.2) is 4.79 Å². The van der Waals surface area contributed by atoms with Crippen LogP contribution in [0.3, 0.4) is 0 Å². The van der Waals surface area contributed by atoms with Crippen LogP contribution in [0.5, 0.6) is 0 Å². The number of ether oxygens (including phenoxy) is 1. The standard InChI is InChI=1S/C9H12O4S2/c1-9(2,3)13-5(10)4-6-14-8(15-6)7(11)12/h4,8H,1-3H3,(H,11,12). The lowest BCUT2D eigenvalue weighted by atomic mass is 10.2. The molecule has 0 radical (unpaired) electrons. The molecular weight excluding hydrogens is 236 g/mol. The summed E-state index contributed by atoms with van der Waals surface area (Å²) in [6.45, 7) is 5.35. The molecule has 0 unspecified atom stereocenters. The monoisotopic (exact) mass is 248 g/mol. The van der Waals surface area contributed by atoms with Crippen LogP contribution in [0.2, 0.25) is 0 Å². The number of carbonyl (C=O) groups is 2. The normalized spacial score (nSPS) is 20.5. The van der Waals surface area contributed by atoms with Gasteiger partial charge in [-0.15, -0.1) is 0 Å². The second-order valence-corrected chi connectivity index (χ2v) is 6.75. The SMILES string of the molecule is CC(C)(C)OC(=O)C=C1SC(C(=O)O)S1. The van der Waals surface area contributed by atoms with Crippen molar-refractivity contribution in [1.82, 2.24) is 0 Å². The van der Waals surface area contributed by atoms with Crippen molar-refractivity contribution < 1.29 is 19.4 Å². The van der Waals surface area contributed by atoms with Gasteiger partial charge in [-0.1, -0.05) is 23.5 Å². The molecule has 4 nitrogen and oxygen atoms in total. The first-order chi connectivity index (χ1) is 6.78. The number of carboxylic acids is 1. The Labute approximate surface area is 96.4 Å². The van der Waals surface area contributed by atoms with Crippen LogP contribution in [0.25, 0.3) is 0 Å². The van der Waals surface area contributed by atoms with Crippen LogP contribution in [-0.2, 0) is 14.3 Å². The van der Waals surface area contributed by atoms with Gasteiger partial charge < -0.3 is 9.84 Å². The predicted octanol–water partition coefficient (Wildman–Crippen LogP) is 2.06. The first-order valence-corrected chi connectivity index (χ1v) is 6.05. The van der Waals surface area contributed by atoms with E-state index in [1.54, 1.807) is 20.8 Å². The number of aliphatic carboxylic acids is 1. The van der Waals surface area contributed by atoms with Gasteiger partial charge in [0.25, 0.3) is 0 Å². The minimum absolute atomic E-state index is 0.429. The summed E-state index contributed by atoms with van der Waals surface area (Å²) >= 11 is 2.32. The first kappa shape index (κ1) is 12.4. The van der Waals surface area contributed by atoms with Crippen molar-refractivity contribution in [2.45, 2.75) is 31.0 Å². The summed E-state index contributed by atoms with van der Waals surface area (Å²) in [6.07, 6.45) is 1.33. The third-order valence-electron chi connectivity index (χ3n) is 1.29. The van der Waals surface area contributed by atoms with Gasteiger partial charge >= 0.3 is 11.9 Å². The molecule has 1 heterocycles. The van der Waals surface area contributed by atoms with E-state index in [0.717, 1.165) is 23.5 Å². The Morgan fingerprint density at radius 3 is 2.33 bits per heavy atom. The van der Waals surface area contributed by atoms with E-state index in [0.29, 0.717) is 4.24 Å². The van der Waals surface area contributed by atoms with Crippen molar-refractivity contribution in [3.63, 3.8) is 0 Å². The van der Waals surface area contributed by atoms with Crippen LogP contribution in [0.1, 0.15) is 20.8 Å². The molecule has 1 saturated heterocycles. The van der Waals surface area contributed by atoms with Crippen molar-refractivity contribution in [3.8, 4) is 0 Å². The summed E-state index contributed by atoms with van der Waals surface area (Å²) in [5.41, 5.74) is -0.514. The number of thioether (sulfide) groups is 2. The van der Waals surface area contributed by atoms with E-state index in [9.17, 15) is 9.59 Å². The molecule has 84 valence electrons. The summed E-state index contributed by atoms with van der Waals surface area (Å²) in [6, 6.07) is 0. The second kappa shape index (κ2) is 4.49. The average molecular weight is 248 g/mol. The number of hydrogen-bond acceptors (Lipinski definition) is 5. The zero-order chi connectivity index (χ0) is 11.6. The molecule has 6 heteroatoms. The van der Waals surface area contributed by atoms with E-state index >= 15 is 0 Å². The van der Waals surface area contributed by atoms with Crippen molar-refractivity contribution in [3.05, 3.63) is 10.3 Å². The fourth-order valence-corrected chi connectivity index (χ4v) is 2.70.